The van der Waals surface area contributed by atoms with E-state index in [0.29, 0.717) is 12.6 Å². The molecule has 1 aliphatic carbocycles. The third-order valence-corrected chi connectivity index (χ3v) is 4.31. The van der Waals surface area contributed by atoms with E-state index in [0.717, 1.165) is 44.4 Å². The van der Waals surface area contributed by atoms with Gasteiger partial charge in [0.05, 0.1) is 5.60 Å². The standard InChI is InChI=1S/C18H29NO2/c1-3-19-15(2)13-16-7-9-17(10-8-16)21-14-18(20)11-5-4-6-12-18/h7-10,15,19-20H,3-6,11-14H2,1-2H3. The van der Waals surface area contributed by atoms with Gasteiger partial charge >= 0.3 is 0 Å². The number of hydrogen-bond acceptors (Lipinski definition) is 3. The summed E-state index contributed by atoms with van der Waals surface area (Å²) in [7, 11) is 0. The second kappa shape index (κ2) is 7.81. The number of benzene rings is 1. The van der Waals surface area contributed by atoms with E-state index in [-0.39, 0.29) is 0 Å². The fourth-order valence-corrected chi connectivity index (χ4v) is 3.07. The monoisotopic (exact) mass is 291 g/mol. The van der Waals surface area contributed by atoms with Crippen LogP contribution in [0.1, 0.15) is 51.5 Å². The summed E-state index contributed by atoms with van der Waals surface area (Å²) < 4.78 is 5.79. The van der Waals surface area contributed by atoms with Gasteiger partial charge < -0.3 is 15.2 Å². The average Bonchev–Trinajstić information content (AvgIpc) is 2.48. The molecule has 0 aliphatic heterocycles. The highest BCUT2D eigenvalue weighted by Gasteiger charge is 2.29. The molecule has 2 N–H and O–H groups in total. The van der Waals surface area contributed by atoms with Crippen molar-refractivity contribution in [2.24, 2.45) is 0 Å². The summed E-state index contributed by atoms with van der Waals surface area (Å²) in [6.07, 6.45) is 6.22. The van der Waals surface area contributed by atoms with Gasteiger partial charge in [-0.1, -0.05) is 38.3 Å². The molecule has 0 heterocycles. The SMILES string of the molecule is CCNC(C)Cc1ccc(OCC2(O)CCCCC2)cc1. The summed E-state index contributed by atoms with van der Waals surface area (Å²) in [6.45, 7) is 5.75. The van der Waals surface area contributed by atoms with Gasteiger partial charge in [0.1, 0.15) is 12.4 Å². The summed E-state index contributed by atoms with van der Waals surface area (Å²) in [5.74, 6) is 0.855. The zero-order valence-corrected chi connectivity index (χ0v) is 13.4. The van der Waals surface area contributed by atoms with Crippen molar-refractivity contribution in [1.82, 2.24) is 5.32 Å². The van der Waals surface area contributed by atoms with Crippen molar-refractivity contribution in [3.8, 4) is 5.75 Å². The Balaban J connectivity index is 1.81. The maximum atomic E-state index is 10.4. The summed E-state index contributed by atoms with van der Waals surface area (Å²) in [6, 6.07) is 8.76. The van der Waals surface area contributed by atoms with Crippen LogP contribution < -0.4 is 10.1 Å². The van der Waals surface area contributed by atoms with Gasteiger partial charge in [0.25, 0.3) is 0 Å². The second-order valence-electron chi connectivity index (χ2n) is 6.38. The van der Waals surface area contributed by atoms with Crippen LogP contribution in [0.4, 0.5) is 0 Å². The van der Waals surface area contributed by atoms with Crippen LogP contribution >= 0.6 is 0 Å². The molecule has 1 aromatic rings. The van der Waals surface area contributed by atoms with Gasteiger partial charge in [-0.15, -0.1) is 0 Å². The Bertz CT molecular complexity index is 410. The molecule has 0 bridgehead atoms. The highest BCUT2D eigenvalue weighted by Crippen LogP contribution is 2.28. The Labute approximate surface area is 128 Å². The molecule has 1 unspecified atom stereocenters. The minimum Gasteiger partial charge on any atom is -0.491 e. The average molecular weight is 291 g/mol. The molecule has 0 radical (unpaired) electrons. The Hall–Kier alpha value is -1.06. The molecule has 0 saturated heterocycles. The predicted octanol–water partition coefficient (Wildman–Crippen LogP) is 3.30. The van der Waals surface area contributed by atoms with Crippen molar-refractivity contribution >= 4 is 0 Å². The number of hydrogen-bond donors (Lipinski definition) is 2. The van der Waals surface area contributed by atoms with E-state index in [2.05, 4.69) is 31.3 Å². The van der Waals surface area contributed by atoms with E-state index in [9.17, 15) is 5.11 Å². The van der Waals surface area contributed by atoms with Crippen molar-refractivity contribution in [2.45, 2.75) is 64.0 Å². The van der Waals surface area contributed by atoms with Gasteiger partial charge in [-0.3, -0.25) is 0 Å². The normalized spacial score (nSPS) is 19.2. The number of rotatable bonds is 7. The van der Waals surface area contributed by atoms with E-state index in [1.165, 1.54) is 12.0 Å². The first-order valence-corrected chi connectivity index (χ1v) is 8.29. The molecular formula is C18H29NO2. The topological polar surface area (TPSA) is 41.5 Å². The molecule has 1 aliphatic rings. The summed E-state index contributed by atoms with van der Waals surface area (Å²) >= 11 is 0. The predicted molar refractivity (Wildman–Crippen MR) is 86.8 cm³/mol. The maximum Gasteiger partial charge on any atom is 0.119 e. The molecular weight excluding hydrogens is 262 g/mol. The van der Waals surface area contributed by atoms with Crippen molar-refractivity contribution in [3.05, 3.63) is 29.8 Å². The lowest BCUT2D eigenvalue weighted by Gasteiger charge is -2.31. The van der Waals surface area contributed by atoms with Crippen molar-refractivity contribution in [3.63, 3.8) is 0 Å². The lowest BCUT2D eigenvalue weighted by atomic mass is 9.85. The first kappa shape index (κ1) is 16.3. The lowest BCUT2D eigenvalue weighted by molar-refractivity contribution is -0.0339. The summed E-state index contributed by atoms with van der Waals surface area (Å²) in [4.78, 5) is 0. The van der Waals surface area contributed by atoms with Gasteiger partial charge in [0.15, 0.2) is 0 Å². The molecule has 118 valence electrons. The molecule has 21 heavy (non-hydrogen) atoms. The number of ether oxygens (including phenoxy) is 1. The highest BCUT2D eigenvalue weighted by molar-refractivity contribution is 5.27. The van der Waals surface area contributed by atoms with E-state index in [1.807, 2.05) is 12.1 Å². The van der Waals surface area contributed by atoms with Crippen LogP contribution in [0.2, 0.25) is 0 Å². The van der Waals surface area contributed by atoms with Crippen molar-refractivity contribution in [1.29, 1.82) is 0 Å². The number of likely N-dealkylation sites (N-methyl/N-ethyl adjacent to an activating group) is 1. The third-order valence-electron chi connectivity index (χ3n) is 4.31. The summed E-state index contributed by atoms with van der Waals surface area (Å²) in [5.41, 5.74) is 0.698. The van der Waals surface area contributed by atoms with Crippen LogP contribution in [0.5, 0.6) is 5.75 Å². The fourth-order valence-electron chi connectivity index (χ4n) is 3.07. The second-order valence-corrected chi connectivity index (χ2v) is 6.38. The van der Waals surface area contributed by atoms with E-state index >= 15 is 0 Å². The van der Waals surface area contributed by atoms with Crippen LogP contribution in [0.15, 0.2) is 24.3 Å². The van der Waals surface area contributed by atoms with Crippen LogP contribution in [0, 0.1) is 0 Å². The first-order valence-electron chi connectivity index (χ1n) is 8.29. The zero-order chi connectivity index (χ0) is 15.1. The van der Waals surface area contributed by atoms with E-state index in [1.54, 1.807) is 0 Å². The van der Waals surface area contributed by atoms with Crippen LogP contribution in [0.3, 0.4) is 0 Å². The van der Waals surface area contributed by atoms with Gasteiger partial charge in [-0.05, 0) is 50.4 Å². The van der Waals surface area contributed by atoms with E-state index in [4.69, 9.17) is 4.74 Å². The number of aliphatic hydroxyl groups is 1. The van der Waals surface area contributed by atoms with Crippen LogP contribution in [0.25, 0.3) is 0 Å². The van der Waals surface area contributed by atoms with Crippen molar-refractivity contribution < 1.29 is 9.84 Å². The molecule has 0 spiro atoms. The number of nitrogens with one attached hydrogen (secondary N) is 1. The molecule has 3 heteroatoms. The minimum absolute atomic E-state index is 0.417. The molecule has 1 aromatic carbocycles. The molecule has 1 fully saturated rings. The maximum absolute atomic E-state index is 10.4. The molecule has 2 rings (SSSR count). The first-order chi connectivity index (χ1) is 10.1. The molecule has 0 amide bonds. The Kier molecular flexibility index (Phi) is 6.07. The Morgan fingerprint density at radius 3 is 2.48 bits per heavy atom. The smallest absolute Gasteiger partial charge is 0.119 e. The summed E-state index contributed by atoms with van der Waals surface area (Å²) in [5, 5.41) is 13.8. The van der Waals surface area contributed by atoms with Gasteiger partial charge in [0.2, 0.25) is 0 Å². The fraction of sp³-hybridized carbons (Fsp3) is 0.667. The van der Waals surface area contributed by atoms with Gasteiger partial charge in [-0.2, -0.15) is 0 Å². The Morgan fingerprint density at radius 1 is 1.19 bits per heavy atom. The minimum atomic E-state index is -0.615. The quantitative estimate of drug-likeness (QED) is 0.810. The van der Waals surface area contributed by atoms with Crippen molar-refractivity contribution in [2.75, 3.05) is 13.2 Å². The lowest BCUT2D eigenvalue weighted by Crippen LogP contribution is -2.37. The zero-order valence-electron chi connectivity index (χ0n) is 13.4. The van der Waals surface area contributed by atoms with Crippen LogP contribution in [-0.4, -0.2) is 29.9 Å². The van der Waals surface area contributed by atoms with Gasteiger partial charge in [0, 0.05) is 6.04 Å². The van der Waals surface area contributed by atoms with Crippen LogP contribution in [-0.2, 0) is 6.42 Å². The largest absolute Gasteiger partial charge is 0.491 e. The molecule has 3 nitrogen and oxygen atoms in total. The molecule has 1 saturated carbocycles. The Morgan fingerprint density at radius 2 is 1.86 bits per heavy atom. The van der Waals surface area contributed by atoms with Gasteiger partial charge in [-0.25, -0.2) is 0 Å². The third kappa shape index (κ3) is 5.33. The molecule has 1 atom stereocenters. The van der Waals surface area contributed by atoms with E-state index < -0.39 is 5.60 Å². The molecule has 0 aromatic heterocycles. The highest BCUT2D eigenvalue weighted by atomic mass is 16.5.